The molecule has 1 aliphatic rings. The van der Waals surface area contributed by atoms with Crippen LogP contribution in [-0.2, 0) is 4.74 Å². The average molecular weight is 417 g/mol. The zero-order chi connectivity index (χ0) is 20.8. The summed E-state index contributed by atoms with van der Waals surface area (Å²) >= 11 is 6.42. The second-order valence-corrected chi connectivity index (χ2v) is 8.43. The van der Waals surface area contributed by atoms with E-state index in [2.05, 4.69) is 54.2 Å². The summed E-state index contributed by atoms with van der Waals surface area (Å²) in [4.78, 5) is 9.23. The summed E-state index contributed by atoms with van der Waals surface area (Å²) < 4.78 is 6.15. The number of anilines is 1. The van der Waals surface area contributed by atoms with Crippen LogP contribution in [0.25, 0.3) is 10.8 Å². The zero-order valence-electron chi connectivity index (χ0n) is 18.0. The number of halogens is 1. The normalized spacial score (nSPS) is 17.9. The van der Waals surface area contributed by atoms with Gasteiger partial charge in [0.1, 0.15) is 6.61 Å². The molecule has 2 aromatic rings. The molecule has 0 amide bonds. The number of likely N-dealkylation sites (N-methyl/N-ethyl adjacent to an activating group) is 1. The lowest BCUT2D eigenvalue weighted by Gasteiger charge is -2.27. The Bertz CT molecular complexity index is 833. The number of likely N-dealkylation sites (tertiary alicyclic amines) is 1. The van der Waals surface area contributed by atoms with Crippen molar-refractivity contribution < 1.29 is 4.74 Å². The first-order valence-corrected chi connectivity index (χ1v) is 10.9. The van der Waals surface area contributed by atoms with Gasteiger partial charge in [0.05, 0.1) is 11.6 Å². The Morgan fingerprint density at radius 3 is 2.76 bits per heavy atom. The molecule has 5 nitrogen and oxygen atoms in total. The molecule has 1 atom stereocenters. The van der Waals surface area contributed by atoms with Gasteiger partial charge in [-0.25, -0.2) is 4.99 Å². The van der Waals surface area contributed by atoms with Gasteiger partial charge in [-0.2, -0.15) is 0 Å². The summed E-state index contributed by atoms with van der Waals surface area (Å²) in [6, 6.07) is 13.7. The van der Waals surface area contributed by atoms with Crippen molar-refractivity contribution in [2.75, 3.05) is 45.7 Å². The van der Waals surface area contributed by atoms with Gasteiger partial charge in [0.2, 0.25) is 0 Å². The molecule has 1 aliphatic heterocycles. The van der Waals surface area contributed by atoms with Gasteiger partial charge in [-0.15, -0.1) is 0 Å². The number of hydrogen-bond donors (Lipinski definition) is 1. The fraction of sp³-hybridized carbons (Fsp3) is 0.522. The Labute approximate surface area is 179 Å². The predicted molar refractivity (Wildman–Crippen MR) is 124 cm³/mol. The van der Waals surface area contributed by atoms with Gasteiger partial charge in [0.25, 0.3) is 6.02 Å². The molecular weight excluding hydrogens is 384 g/mol. The summed E-state index contributed by atoms with van der Waals surface area (Å²) in [5, 5.41) is 6.44. The Morgan fingerprint density at radius 2 is 2.07 bits per heavy atom. The third-order valence-corrected chi connectivity index (χ3v) is 6.00. The topological polar surface area (TPSA) is 40.1 Å². The minimum atomic E-state index is 0.333. The second kappa shape index (κ2) is 10.2. The van der Waals surface area contributed by atoms with E-state index in [0.29, 0.717) is 31.8 Å². The van der Waals surface area contributed by atoms with Crippen LogP contribution in [-0.4, -0.2) is 68.2 Å². The molecule has 0 spiro atoms. The molecule has 0 bridgehead atoms. The van der Waals surface area contributed by atoms with Gasteiger partial charge in [0, 0.05) is 36.7 Å². The summed E-state index contributed by atoms with van der Waals surface area (Å²) in [6.07, 6.45) is 2.44. The van der Waals surface area contributed by atoms with Crippen molar-refractivity contribution in [1.29, 1.82) is 0 Å². The number of hydrogen-bond acceptors (Lipinski definition) is 4. The van der Waals surface area contributed by atoms with Crippen LogP contribution < -0.4 is 5.32 Å². The highest BCUT2D eigenvalue weighted by molar-refractivity contribution is 6.36. The molecule has 0 unspecified atom stereocenters. The Kier molecular flexibility index (Phi) is 7.62. The SMILES string of the molecule is CC(C)N(C)C(=NCCNc1cccc2cccc(Cl)c12)OC[C@@H]1CCCN1C. The van der Waals surface area contributed by atoms with Gasteiger partial charge >= 0.3 is 0 Å². The van der Waals surface area contributed by atoms with Gasteiger partial charge in [-0.05, 0) is 57.8 Å². The highest BCUT2D eigenvalue weighted by Crippen LogP contribution is 2.30. The maximum atomic E-state index is 6.42. The molecule has 158 valence electrons. The van der Waals surface area contributed by atoms with Crippen molar-refractivity contribution in [1.82, 2.24) is 9.80 Å². The van der Waals surface area contributed by atoms with Crippen LogP contribution >= 0.6 is 11.6 Å². The van der Waals surface area contributed by atoms with Crippen molar-refractivity contribution in [2.24, 2.45) is 4.99 Å². The van der Waals surface area contributed by atoms with Crippen molar-refractivity contribution in [3.05, 3.63) is 41.4 Å². The van der Waals surface area contributed by atoms with Crippen molar-refractivity contribution in [2.45, 2.75) is 38.8 Å². The molecule has 2 aromatic carbocycles. The van der Waals surface area contributed by atoms with E-state index in [4.69, 9.17) is 21.3 Å². The van der Waals surface area contributed by atoms with Gasteiger partial charge in [-0.3, -0.25) is 0 Å². The summed E-state index contributed by atoms with van der Waals surface area (Å²) in [5.41, 5.74) is 1.04. The van der Waals surface area contributed by atoms with Crippen LogP contribution in [0, 0.1) is 0 Å². The number of benzene rings is 2. The number of aliphatic imine (C=N–C) groups is 1. The molecule has 1 saturated heterocycles. The number of rotatable bonds is 7. The smallest absolute Gasteiger partial charge is 0.287 e. The molecule has 6 heteroatoms. The van der Waals surface area contributed by atoms with Crippen LogP contribution in [0.5, 0.6) is 0 Å². The van der Waals surface area contributed by atoms with E-state index in [1.807, 2.05) is 25.2 Å². The Hall–Kier alpha value is -1.98. The molecule has 1 heterocycles. The standard InChI is InChI=1S/C23H33ClN4O/c1-17(2)28(4)23(29-16-19-10-7-15-27(19)3)26-14-13-25-21-12-6-9-18-8-5-11-20(24)22(18)21/h5-6,8-9,11-12,17,19,25H,7,10,13-16H2,1-4H3/t19-/m0/s1. The largest absolute Gasteiger partial charge is 0.463 e. The highest BCUT2D eigenvalue weighted by atomic mass is 35.5. The number of fused-ring (bicyclic) bond motifs is 1. The monoisotopic (exact) mass is 416 g/mol. The molecule has 29 heavy (non-hydrogen) atoms. The molecule has 0 saturated carbocycles. The van der Waals surface area contributed by atoms with E-state index in [1.54, 1.807) is 0 Å². The average Bonchev–Trinajstić information content (AvgIpc) is 3.11. The van der Waals surface area contributed by atoms with E-state index < -0.39 is 0 Å². The minimum absolute atomic E-state index is 0.333. The fourth-order valence-electron chi connectivity index (χ4n) is 3.63. The summed E-state index contributed by atoms with van der Waals surface area (Å²) in [7, 11) is 4.21. The first-order valence-electron chi connectivity index (χ1n) is 10.5. The van der Waals surface area contributed by atoms with E-state index in [0.717, 1.165) is 34.0 Å². The van der Waals surface area contributed by atoms with Crippen LogP contribution in [0.2, 0.25) is 5.02 Å². The molecule has 3 rings (SSSR count). The van der Waals surface area contributed by atoms with Gasteiger partial charge in [-0.1, -0.05) is 35.9 Å². The lowest BCUT2D eigenvalue weighted by atomic mass is 10.1. The van der Waals surface area contributed by atoms with E-state index in [9.17, 15) is 0 Å². The lowest BCUT2D eigenvalue weighted by Crippen LogP contribution is -2.38. The van der Waals surface area contributed by atoms with Crippen LogP contribution in [0.3, 0.4) is 0 Å². The maximum absolute atomic E-state index is 6.42. The molecule has 0 aliphatic carbocycles. The number of nitrogens with one attached hydrogen (secondary N) is 1. The minimum Gasteiger partial charge on any atom is -0.463 e. The molecule has 0 radical (unpaired) electrons. The Morgan fingerprint density at radius 1 is 1.31 bits per heavy atom. The molecule has 1 N–H and O–H groups in total. The number of nitrogens with zero attached hydrogens (tertiary/aromatic N) is 3. The third kappa shape index (κ3) is 5.55. The van der Waals surface area contributed by atoms with Gasteiger partial charge in [0.15, 0.2) is 0 Å². The van der Waals surface area contributed by atoms with Crippen molar-refractivity contribution in [3.63, 3.8) is 0 Å². The van der Waals surface area contributed by atoms with Crippen LogP contribution in [0.15, 0.2) is 41.4 Å². The first kappa shape index (κ1) is 21.7. The highest BCUT2D eigenvalue weighted by Gasteiger charge is 2.23. The second-order valence-electron chi connectivity index (χ2n) is 8.03. The van der Waals surface area contributed by atoms with Crippen molar-refractivity contribution in [3.8, 4) is 0 Å². The van der Waals surface area contributed by atoms with Crippen LogP contribution in [0.4, 0.5) is 5.69 Å². The maximum Gasteiger partial charge on any atom is 0.287 e. The summed E-state index contributed by atoms with van der Waals surface area (Å²) in [6.45, 7) is 7.49. The third-order valence-electron chi connectivity index (χ3n) is 5.68. The first-order chi connectivity index (χ1) is 14.0. The zero-order valence-corrected chi connectivity index (χ0v) is 18.7. The van der Waals surface area contributed by atoms with E-state index in [-0.39, 0.29) is 0 Å². The lowest BCUT2D eigenvalue weighted by molar-refractivity contribution is 0.160. The van der Waals surface area contributed by atoms with Crippen molar-refractivity contribution >= 4 is 34.1 Å². The molecular formula is C23H33ClN4O. The fourth-order valence-corrected chi connectivity index (χ4v) is 3.91. The van der Waals surface area contributed by atoms with E-state index >= 15 is 0 Å². The predicted octanol–water partition coefficient (Wildman–Crippen LogP) is 4.71. The van der Waals surface area contributed by atoms with Crippen LogP contribution in [0.1, 0.15) is 26.7 Å². The molecule has 1 fully saturated rings. The summed E-state index contributed by atoms with van der Waals surface area (Å²) in [5.74, 6) is 0. The number of amidine groups is 1. The number of ether oxygens (including phenoxy) is 1. The molecule has 0 aromatic heterocycles. The quantitative estimate of drug-likeness (QED) is 0.403. The van der Waals surface area contributed by atoms with Gasteiger partial charge < -0.3 is 19.9 Å². The Balaban J connectivity index is 1.62. The van der Waals surface area contributed by atoms with E-state index in [1.165, 1.54) is 12.8 Å².